The van der Waals surface area contributed by atoms with Gasteiger partial charge in [-0.05, 0) is 37.3 Å². The van der Waals surface area contributed by atoms with Crippen molar-refractivity contribution in [2.45, 2.75) is 31.4 Å². The van der Waals surface area contributed by atoms with Gasteiger partial charge in [0.1, 0.15) is 0 Å². The lowest BCUT2D eigenvalue weighted by atomic mass is 9.98. The summed E-state index contributed by atoms with van der Waals surface area (Å²) in [5.41, 5.74) is 1.37. The Morgan fingerprint density at radius 1 is 1.19 bits per heavy atom. The van der Waals surface area contributed by atoms with Gasteiger partial charge < -0.3 is 4.90 Å². The molecule has 88 valence electrons. The summed E-state index contributed by atoms with van der Waals surface area (Å²) in [5, 5.41) is 0.538. The summed E-state index contributed by atoms with van der Waals surface area (Å²) in [5.74, 6) is 0.789. The second-order valence-corrected chi connectivity index (χ2v) is 5.57. The number of thiol groups is 1. The summed E-state index contributed by atoms with van der Waals surface area (Å²) in [6, 6.07) is 10.8. The highest BCUT2D eigenvalue weighted by Gasteiger charge is 2.19. The van der Waals surface area contributed by atoms with Crippen LogP contribution in [0.3, 0.4) is 0 Å². The van der Waals surface area contributed by atoms with E-state index in [1.807, 2.05) is 0 Å². The molecule has 1 aliphatic heterocycles. The lowest BCUT2D eigenvalue weighted by Gasteiger charge is -2.23. The molecule has 0 radical (unpaired) electrons. The molecular weight excluding hydrogens is 214 g/mol. The first-order valence-electron chi connectivity index (χ1n) is 6.25. The van der Waals surface area contributed by atoms with E-state index >= 15 is 0 Å². The Morgan fingerprint density at radius 2 is 1.94 bits per heavy atom. The van der Waals surface area contributed by atoms with Crippen LogP contribution in [0.4, 0.5) is 5.69 Å². The zero-order chi connectivity index (χ0) is 11.4. The smallest absolute Gasteiger partial charge is 0.0366 e. The van der Waals surface area contributed by atoms with Gasteiger partial charge in [0.05, 0.1) is 0 Å². The molecule has 0 saturated carbocycles. The van der Waals surface area contributed by atoms with Crippen molar-refractivity contribution in [1.29, 1.82) is 0 Å². The highest BCUT2D eigenvalue weighted by Crippen LogP contribution is 2.26. The van der Waals surface area contributed by atoms with Crippen molar-refractivity contribution in [3.63, 3.8) is 0 Å². The predicted molar refractivity (Wildman–Crippen MR) is 74.4 cm³/mol. The molecule has 2 rings (SSSR count). The van der Waals surface area contributed by atoms with Crippen LogP contribution in [0.5, 0.6) is 0 Å². The molecular formula is C14H21NS. The summed E-state index contributed by atoms with van der Waals surface area (Å²) in [4.78, 5) is 2.51. The summed E-state index contributed by atoms with van der Waals surface area (Å²) in [6.45, 7) is 4.60. The molecule has 1 aromatic carbocycles. The lowest BCUT2D eigenvalue weighted by molar-refractivity contribution is 0.472. The van der Waals surface area contributed by atoms with Crippen molar-refractivity contribution in [2.24, 2.45) is 5.92 Å². The largest absolute Gasteiger partial charge is 0.372 e. The molecule has 0 N–H and O–H groups in total. The van der Waals surface area contributed by atoms with Gasteiger partial charge in [0.2, 0.25) is 0 Å². The van der Waals surface area contributed by atoms with E-state index in [-0.39, 0.29) is 0 Å². The maximum atomic E-state index is 4.59. The van der Waals surface area contributed by atoms with Crippen molar-refractivity contribution in [3.05, 3.63) is 30.3 Å². The minimum Gasteiger partial charge on any atom is -0.372 e. The van der Waals surface area contributed by atoms with Crippen LogP contribution in [-0.4, -0.2) is 18.3 Å². The number of nitrogens with zero attached hydrogens (tertiary/aromatic N) is 1. The van der Waals surface area contributed by atoms with Gasteiger partial charge in [0, 0.05) is 24.0 Å². The number of hydrogen-bond donors (Lipinski definition) is 1. The summed E-state index contributed by atoms with van der Waals surface area (Å²) in [7, 11) is 0. The van der Waals surface area contributed by atoms with Crippen LogP contribution in [0, 0.1) is 5.92 Å². The van der Waals surface area contributed by atoms with Crippen LogP contribution in [0.2, 0.25) is 0 Å². The van der Waals surface area contributed by atoms with Crippen LogP contribution in [-0.2, 0) is 0 Å². The van der Waals surface area contributed by atoms with Crippen molar-refractivity contribution in [3.8, 4) is 0 Å². The van der Waals surface area contributed by atoms with E-state index in [9.17, 15) is 0 Å². The molecule has 2 heteroatoms. The highest BCUT2D eigenvalue weighted by atomic mass is 32.1. The highest BCUT2D eigenvalue weighted by molar-refractivity contribution is 7.80. The normalized spacial score (nSPS) is 23.9. The molecule has 1 nitrogen and oxygen atoms in total. The Labute approximate surface area is 104 Å². The van der Waals surface area contributed by atoms with Gasteiger partial charge >= 0.3 is 0 Å². The van der Waals surface area contributed by atoms with E-state index < -0.39 is 0 Å². The van der Waals surface area contributed by atoms with E-state index in [4.69, 9.17) is 0 Å². The summed E-state index contributed by atoms with van der Waals surface area (Å²) >= 11 is 4.59. The van der Waals surface area contributed by atoms with Gasteiger partial charge in [-0.2, -0.15) is 12.6 Å². The number of para-hydroxylation sites is 1. The Morgan fingerprint density at radius 3 is 2.62 bits per heavy atom. The number of rotatable bonds is 2. The Kier molecular flexibility index (Phi) is 4.16. The van der Waals surface area contributed by atoms with Crippen molar-refractivity contribution < 1.29 is 0 Å². The van der Waals surface area contributed by atoms with Gasteiger partial charge in [0.25, 0.3) is 0 Å². The molecule has 1 aromatic rings. The first-order valence-corrected chi connectivity index (χ1v) is 6.77. The third-order valence-corrected chi connectivity index (χ3v) is 4.00. The van der Waals surface area contributed by atoms with Gasteiger partial charge in [-0.25, -0.2) is 0 Å². The van der Waals surface area contributed by atoms with Crippen molar-refractivity contribution in [2.75, 3.05) is 18.0 Å². The molecule has 16 heavy (non-hydrogen) atoms. The molecule has 2 atom stereocenters. The van der Waals surface area contributed by atoms with E-state index in [1.54, 1.807) is 0 Å². The standard InChI is InChI=1S/C14H21NS/c1-12(16)13-6-5-10-15(11-9-13)14-7-3-2-4-8-14/h2-4,7-8,12-13,16H,5-6,9-11H2,1H3. The minimum absolute atomic E-state index is 0.538. The molecule has 1 fully saturated rings. The average Bonchev–Trinajstić information content (AvgIpc) is 2.55. The molecule has 0 bridgehead atoms. The number of hydrogen-bond acceptors (Lipinski definition) is 2. The van der Waals surface area contributed by atoms with E-state index in [1.165, 1.54) is 38.0 Å². The topological polar surface area (TPSA) is 3.24 Å². The molecule has 0 amide bonds. The number of anilines is 1. The van der Waals surface area contributed by atoms with Gasteiger partial charge in [-0.3, -0.25) is 0 Å². The van der Waals surface area contributed by atoms with Crippen LogP contribution in [0.25, 0.3) is 0 Å². The number of benzene rings is 1. The van der Waals surface area contributed by atoms with Gasteiger partial charge in [-0.1, -0.05) is 25.1 Å². The zero-order valence-corrected chi connectivity index (χ0v) is 10.9. The van der Waals surface area contributed by atoms with Crippen LogP contribution in [0.1, 0.15) is 26.2 Å². The third kappa shape index (κ3) is 2.94. The lowest BCUT2D eigenvalue weighted by Crippen LogP contribution is -2.24. The summed E-state index contributed by atoms with van der Waals surface area (Å²) in [6.07, 6.45) is 3.90. The van der Waals surface area contributed by atoms with Crippen LogP contribution < -0.4 is 4.90 Å². The first kappa shape index (κ1) is 11.8. The fourth-order valence-electron chi connectivity index (χ4n) is 2.50. The van der Waals surface area contributed by atoms with E-state index in [0.29, 0.717) is 5.25 Å². The molecule has 1 heterocycles. The fourth-order valence-corrected chi connectivity index (χ4v) is 2.80. The first-order chi connectivity index (χ1) is 7.77. The molecule has 2 unspecified atom stereocenters. The maximum Gasteiger partial charge on any atom is 0.0366 e. The second kappa shape index (κ2) is 5.62. The summed E-state index contributed by atoms with van der Waals surface area (Å²) < 4.78 is 0. The van der Waals surface area contributed by atoms with Crippen LogP contribution >= 0.6 is 12.6 Å². The maximum absolute atomic E-state index is 4.59. The second-order valence-electron chi connectivity index (χ2n) is 4.75. The monoisotopic (exact) mass is 235 g/mol. The predicted octanol–water partition coefficient (Wildman–Crippen LogP) is 3.61. The third-order valence-electron chi connectivity index (χ3n) is 3.58. The molecule has 0 spiro atoms. The van der Waals surface area contributed by atoms with Gasteiger partial charge in [0.15, 0.2) is 0 Å². The van der Waals surface area contributed by atoms with E-state index in [2.05, 4.69) is 54.8 Å². The Hall–Kier alpha value is -0.630. The average molecular weight is 235 g/mol. The quantitative estimate of drug-likeness (QED) is 0.766. The Bertz CT molecular complexity index is 310. The fraction of sp³-hybridized carbons (Fsp3) is 0.571. The van der Waals surface area contributed by atoms with E-state index in [0.717, 1.165) is 5.92 Å². The molecule has 0 aromatic heterocycles. The SMILES string of the molecule is CC(S)C1CCCN(c2ccccc2)CC1. The minimum atomic E-state index is 0.538. The van der Waals surface area contributed by atoms with Crippen LogP contribution in [0.15, 0.2) is 30.3 Å². The molecule has 1 saturated heterocycles. The van der Waals surface area contributed by atoms with Gasteiger partial charge in [-0.15, -0.1) is 0 Å². The van der Waals surface area contributed by atoms with Crippen molar-refractivity contribution >= 4 is 18.3 Å². The molecule has 1 aliphatic rings. The molecule has 0 aliphatic carbocycles. The zero-order valence-electron chi connectivity index (χ0n) is 9.97. The van der Waals surface area contributed by atoms with Crippen molar-refractivity contribution in [1.82, 2.24) is 0 Å². The Balaban J connectivity index is 1.99.